The van der Waals surface area contributed by atoms with E-state index in [2.05, 4.69) is 20.4 Å². The van der Waals surface area contributed by atoms with E-state index in [0.29, 0.717) is 31.9 Å². The summed E-state index contributed by atoms with van der Waals surface area (Å²) in [6.07, 6.45) is -0.0930. The Balaban J connectivity index is 1.32. The number of carbonyl (C=O) groups excluding carboxylic acids is 3. The molecule has 34 heavy (non-hydrogen) atoms. The Kier molecular flexibility index (Phi) is 7.42. The molecule has 2 aromatic carbocycles. The molecule has 2 aliphatic heterocycles. The van der Waals surface area contributed by atoms with Gasteiger partial charge in [-0.05, 0) is 42.8 Å². The van der Waals surface area contributed by atoms with Gasteiger partial charge in [0.15, 0.2) is 0 Å². The van der Waals surface area contributed by atoms with Crippen molar-refractivity contribution in [1.82, 2.24) is 15.1 Å². The first kappa shape index (κ1) is 23.7. The Labute approximate surface area is 198 Å². The number of benzene rings is 2. The summed E-state index contributed by atoms with van der Waals surface area (Å²) in [6, 6.07) is 13.0. The molecule has 2 N–H and O–H groups in total. The third-order valence-corrected chi connectivity index (χ3v) is 6.37. The van der Waals surface area contributed by atoms with E-state index in [1.165, 1.54) is 17.0 Å². The molecule has 1 atom stereocenters. The SMILES string of the molecule is Cc1ccccc1NC(=O)C[C@H]1C(=O)NCCN1C(=O)CN1CCN(c2ccc(F)cc2)CC1. The first-order valence-electron chi connectivity index (χ1n) is 11.6. The highest BCUT2D eigenvalue weighted by Gasteiger charge is 2.35. The largest absolute Gasteiger partial charge is 0.369 e. The number of nitrogens with zero attached hydrogens (tertiary/aromatic N) is 3. The second-order valence-corrected chi connectivity index (χ2v) is 8.70. The molecular weight excluding hydrogens is 437 g/mol. The molecule has 3 amide bonds. The van der Waals surface area contributed by atoms with Crippen LogP contribution in [0.5, 0.6) is 0 Å². The fourth-order valence-corrected chi connectivity index (χ4v) is 4.40. The fourth-order valence-electron chi connectivity index (χ4n) is 4.40. The van der Waals surface area contributed by atoms with E-state index in [1.54, 1.807) is 12.1 Å². The third-order valence-electron chi connectivity index (χ3n) is 6.37. The van der Waals surface area contributed by atoms with Crippen LogP contribution in [0.3, 0.4) is 0 Å². The van der Waals surface area contributed by atoms with Gasteiger partial charge in [0, 0.05) is 50.6 Å². The zero-order valence-electron chi connectivity index (χ0n) is 19.3. The molecule has 0 spiro atoms. The summed E-state index contributed by atoms with van der Waals surface area (Å²) >= 11 is 0. The summed E-state index contributed by atoms with van der Waals surface area (Å²) in [5.74, 6) is -1.03. The number of halogens is 1. The monoisotopic (exact) mass is 467 g/mol. The lowest BCUT2D eigenvalue weighted by atomic mass is 10.1. The minimum absolute atomic E-state index is 0.0930. The van der Waals surface area contributed by atoms with E-state index in [4.69, 9.17) is 0 Å². The van der Waals surface area contributed by atoms with Crippen molar-refractivity contribution in [3.8, 4) is 0 Å². The summed E-state index contributed by atoms with van der Waals surface area (Å²) in [7, 11) is 0. The molecule has 0 unspecified atom stereocenters. The third kappa shape index (κ3) is 5.72. The number of rotatable bonds is 6. The Morgan fingerprint density at radius 2 is 1.74 bits per heavy atom. The maximum Gasteiger partial charge on any atom is 0.243 e. The normalized spacial score (nSPS) is 19.0. The van der Waals surface area contributed by atoms with Gasteiger partial charge in [0.1, 0.15) is 11.9 Å². The van der Waals surface area contributed by atoms with Crippen molar-refractivity contribution in [2.24, 2.45) is 0 Å². The summed E-state index contributed by atoms with van der Waals surface area (Å²) in [5.41, 5.74) is 2.58. The van der Waals surface area contributed by atoms with Crippen molar-refractivity contribution in [3.63, 3.8) is 0 Å². The Morgan fingerprint density at radius 3 is 2.44 bits per heavy atom. The number of nitrogens with one attached hydrogen (secondary N) is 2. The summed E-state index contributed by atoms with van der Waals surface area (Å²) in [5, 5.41) is 5.62. The van der Waals surface area contributed by atoms with Crippen LogP contribution in [0.1, 0.15) is 12.0 Å². The molecule has 0 saturated carbocycles. The number of aryl methyl sites for hydroxylation is 1. The van der Waals surface area contributed by atoms with Gasteiger partial charge in [-0.25, -0.2) is 4.39 Å². The summed E-state index contributed by atoms with van der Waals surface area (Å²) < 4.78 is 13.2. The van der Waals surface area contributed by atoms with Gasteiger partial charge in [-0.15, -0.1) is 0 Å². The van der Waals surface area contributed by atoms with Gasteiger partial charge in [0.25, 0.3) is 0 Å². The van der Waals surface area contributed by atoms with Crippen molar-refractivity contribution < 1.29 is 18.8 Å². The topological polar surface area (TPSA) is 85.0 Å². The standard InChI is InChI=1S/C25H30FN5O3/c1-18-4-2-3-5-21(18)28-23(32)16-22-25(34)27-10-11-31(22)24(33)17-29-12-14-30(15-13-29)20-8-6-19(26)7-9-20/h2-9,22H,10-17H2,1H3,(H,27,34)(H,28,32)/t22-/m0/s1. The van der Waals surface area contributed by atoms with E-state index in [9.17, 15) is 18.8 Å². The molecule has 0 bridgehead atoms. The number of hydrogen-bond acceptors (Lipinski definition) is 5. The molecule has 2 aliphatic rings. The average Bonchev–Trinajstić information content (AvgIpc) is 2.83. The molecule has 9 heteroatoms. The van der Waals surface area contributed by atoms with Crippen molar-refractivity contribution in [1.29, 1.82) is 0 Å². The number of para-hydroxylation sites is 1. The molecule has 2 aromatic rings. The highest BCUT2D eigenvalue weighted by molar-refractivity contribution is 5.98. The smallest absolute Gasteiger partial charge is 0.243 e. The van der Waals surface area contributed by atoms with Crippen molar-refractivity contribution in [3.05, 3.63) is 59.9 Å². The minimum Gasteiger partial charge on any atom is -0.369 e. The molecule has 180 valence electrons. The zero-order valence-corrected chi connectivity index (χ0v) is 19.3. The Morgan fingerprint density at radius 1 is 1.03 bits per heavy atom. The van der Waals surface area contributed by atoms with Gasteiger partial charge in [0.2, 0.25) is 17.7 Å². The second kappa shape index (κ2) is 10.6. The zero-order chi connectivity index (χ0) is 24.1. The Bertz CT molecular complexity index is 1040. The molecule has 2 fully saturated rings. The van der Waals surface area contributed by atoms with Crippen LogP contribution in [-0.2, 0) is 14.4 Å². The maximum absolute atomic E-state index is 13.2. The second-order valence-electron chi connectivity index (χ2n) is 8.70. The lowest BCUT2D eigenvalue weighted by Gasteiger charge is -2.39. The number of piperazine rings is 2. The number of amides is 3. The van der Waals surface area contributed by atoms with Crippen LogP contribution in [0.15, 0.2) is 48.5 Å². The van der Waals surface area contributed by atoms with Gasteiger partial charge >= 0.3 is 0 Å². The number of anilines is 2. The van der Waals surface area contributed by atoms with Gasteiger partial charge in [-0.3, -0.25) is 19.3 Å². The highest BCUT2D eigenvalue weighted by Crippen LogP contribution is 2.18. The van der Waals surface area contributed by atoms with Gasteiger partial charge in [-0.2, -0.15) is 0 Å². The van der Waals surface area contributed by atoms with Crippen LogP contribution in [0, 0.1) is 12.7 Å². The molecule has 4 rings (SSSR count). The minimum atomic E-state index is -0.828. The van der Waals surface area contributed by atoms with Crippen molar-refractivity contribution in [2.45, 2.75) is 19.4 Å². The number of hydrogen-bond donors (Lipinski definition) is 2. The Hall–Kier alpha value is -3.46. The van der Waals surface area contributed by atoms with Gasteiger partial charge in [-0.1, -0.05) is 18.2 Å². The van der Waals surface area contributed by atoms with Crippen LogP contribution in [-0.4, -0.2) is 79.4 Å². The molecule has 8 nitrogen and oxygen atoms in total. The van der Waals surface area contributed by atoms with Crippen LogP contribution >= 0.6 is 0 Å². The first-order chi connectivity index (χ1) is 16.4. The first-order valence-corrected chi connectivity index (χ1v) is 11.6. The van der Waals surface area contributed by atoms with Crippen LogP contribution < -0.4 is 15.5 Å². The predicted molar refractivity (Wildman–Crippen MR) is 128 cm³/mol. The van der Waals surface area contributed by atoms with E-state index in [-0.39, 0.29) is 36.5 Å². The highest BCUT2D eigenvalue weighted by atomic mass is 19.1. The number of carbonyl (C=O) groups is 3. The quantitative estimate of drug-likeness (QED) is 0.675. The van der Waals surface area contributed by atoms with Crippen molar-refractivity contribution >= 4 is 29.1 Å². The van der Waals surface area contributed by atoms with E-state index in [0.717, 1.165) is 24.3 Å². The van der Waals surface area contributed by atoms with Crippen LogP contribution in [0.4, 0.5) is 15.8 Å². The van der Waals surface area contributed by atoms with E-state index in [1.807, 2.05) is 31.2 Å². The lowest BCUT2D eigenvalue weighted by Crippen LogP contribution is -2.60. The molecule has 2 heterocycles. The van der Waals surface area contributed by atoms with Gasteiger partial charge < -0.3 is 20.4 Å². The molecule has 2 saturated heterocycles. The lowest BCUT2D eigenvalue weighted by molar-refractivity contribution is -0.145. The molecule has 0 aromatic heterocycles. The predicted octanol–water partition coefficient (Wildman–Crippen LogP) is 1.61. The molecule has 0 radical (unpaired) electrons. The van der Waals surface area contributed by atoms with E-state index < -0.39 is 6.04 Å². The molecule has 0 aliphatic carbocycles. The fraction of sp³-hybridized carbons (Fsp3) is 0.400. The van der Waals surface area contributed by atoms with E-state index >= 15 is 0 Å². The maximum atomic E-state index is 13.2. The molecular formula is C25H30FN5O3. The summed E-state index contributed by atoms with van der Waals surface area (Å²) in [4.78, 5) is 44.1. The van der Waals surface area contributed by atoms with Gasteiger partial charge in [0.05, 0.1) is 13.0 Å². The average molecular weight is 468 g/mol. The summed E-state index contributed by atoms with van der Waals surface area (Å²) in [6.45, 7) is 5.66. The van der Waals surface area contributed by atoms with Crippen molar-refractivity contribution in [2.75, 3.05) is 56.0 Å². The van der Waals surface area contributed by atoms with Crippen LogP contribution in [0.25, 0.3) is 0 Å². The van der Waals surface area contributed by atoms with Crippen LogP contribution in [0.2, 0.25) is 0 Å².